The fourth-order valence-corrected chi connectivity index (χ4v) is 2.49. The molecule has 1 aliphatic heterocycles. The van der Waals surface area contributed by atoms with Crippen LogP contribution in [0, 0.1) is 0 Å². The summed E-state index contributed by atoms with van der Waals surface area (Å²) in [5, 5.41) is 0.770. The van der Waals surface area contributed by atoms with E-state index in [1.165, 1.54) is 11.1 Å². The van der Waals surface area contributed by atoms with Crippen molar-refractivity contribution in [1.29, 1.82) is 0 Å². The van der Waals surface area contributed by atoms with Gasteiger partial charge in [-0.05, 0) is 29.7 Å². The van der Waals surface area contributed by atoms with Gasteiger partial charge >= 0.3 is 0 Å². The van der Waals surface area contributed by atoms with Crippen LogP contribution in [-0.2, 0) is 17.8 Å². The smallest absolute Gasteiger partial charge is 0.0720 e. The van der Waals surface area contributed by atoms with E-state index in [2.05, 4.69) is 15.9 Å². The maximum absolute atomic E-state index is 5.90. The number of fused-ring (bicyclic) bond motifs is 1. The second-order valence-electron chi connectivity index (χ2n) is 2.83. The van der Waals surface area contributed by atoms with Gasteiger partial charge in [0.15, 0.2) is 0 Å². The highest BCUT2D eigenvalue weighted by Gasteiger charge is 2.12. The maximum Gasteiger partial charge on any atom is 0.0720 e. The Balaban J connectivity index is 0.000000845. The van der Waals surface area contributed by atoms with Crippen LogP contribution in [0.1, 0.15) is 11.1 Å². The lowest BCUT2D eigenvalue weighted by atomic mass is 10.0. The van der Waals surface area contributed by atoms with Crippen LogP contribution in [0.5, 0.6) is 0 Å². The molecule has 0 aliphatic carbocycles. The number of halogens is 2. The van der Waals surface area contributed by atoms with Crippen molar-refractivity contribution >= 4 is 27.5 Å². The van der Waals surface area contributed by atoms with Gasteiger partial charge in [-0.2, -0.15) is 0 Å². The highest BCUT2D eigenvalue weighted by molar-refractivity contribution is 9.10. The van der Waals surface area contributed by atoms with E-state index in [-0.39, 0.29) is 6.15 Å². The Morgan fingerprint density at radius 3 is 2.92 bits per heavy atom. The van der Waals surface area contributed by atoms with Crippen LogP contribution >= 0.6 is 27.5 Å². The molecule has 0 saturated carbocycles. The van der Waals surface area contributed by atoms with Crippen molar-refractivity contribution in [3.8, 4) is 0 Å². The molecule has 13 heavy (non-hydrogen) atoms. The summed E-state index contributed by atoms with van der Waals surface area (Å²) in [5.41, 5.74) is 2.55. The summed E-state index contributed by atoms with van der Waals surface area (Å²) in [6.07, 6.45) is 0.979. The predicted molar refractivity (Wildman–Crippen MR) is 57.5 cm³/mol. The van der Waals surface area contributed by atoms with Gasteiger partial charge in [0.1, 0.15) is 0 Å². The Hall–Kier alpha value is -0.0900. The average molecular weight is 265 g/mol. The molecule has 1 aromatic rings. The molecule has 0 unspecified atom stereocenters. The molecule has 1 aromatic carbocycles. The van der Waals surface area contributed by atoms with Crippen molar-refractivity contribution in [2.24, 2.45) is 0 Å². The van der Waals surface area contributed by atoms with Gasteiger partial charge in [-0.1, -0.05) is 27.5 Å². The average Bonchev–Trinajstić information content (AvgIpc) is 2.04. The van der Waals surface area contributed by atoms with Crippen LogP contribution in [0.25, 0.3) is 0 Å². The highest BCUT2D eigenvalue weighted by Crippen LogP contribution is 2.28. The molecule has 1 aliphatic rings. The van der Waals surface area contributed by atoms with Crippen molar-refractivity contribution < 1.29 is 4.74 Å². The molecule has 0 amide bonds. The Kier molecular flexibility index (Phi) is 3.74. The summed E-state index contributed by atoms with van der Waals surface area (Å²) in [7, 11) is 0. The summed E-state index contributed by atoms with van der Waals surface area (Å²) < 4.78 is 6.43. The van der Waals surface area contributed by atoms with E-state index in [0.29, 0.717) is 6.61 Å². The quantitative estimate of drug-likeness (QED) is 0.781. The fourth-order valence-electron chi connectivity index (χ4n) is 1.42. The molecular formula is C9H11BrClNO. The van der Waals surface area contributed by atoms with Gasteiger partial charge in [0, 0.05) is 9.50 Å². The van der Waals surface area contributed by atoms with Crippen LogP contribution in [0.2, 0.25) is 5.02 Å². The van der Waals surface area contributed by atoms with E-state index in [1.54, 1.807) is 0 Å². The van der Waals surface area contributed by atoms with E-state index < -0.39 is 0 Å². The minimum atomic E-state index is 0. The van der Waals surface area contributed by atoms with Gasteiger partial charge in [0.25, 0.3) is 0 Å². The van der Waals surface area contributed by atoms with E-state index in [0.717, 1.165) is 22.5 Å². The largest absolute Gasteiger partial charge is 0.376 e. The zero-order valence-corrected chi connectivity index (χ0v) is 9.49. The molecule has 0 bridgehead atoms. The van der Waals surface area contributed by atoms with E-state index in [1.807, 2.05) is 12.1 Å². The summed E-state index contributed by atoms with van der Waals surface area (Å²) in [4.78, 5) is 0. The van der Waals surface area contributed by atoms with Crippen LogP contribution in [0.4, 0.5) is 0 Å². The van der Waals surface area contributed by atoms with Crippen LogP contribution in [-0.4, -0.2) is 6.61 Å². The Labute approximate surface area is 90.9 Å². The van der Waals surface area contributed by atoms with Gasteiger partial charge in [-0.25, -0.2) is 0 Å². The summed E-state index contributed by atoms with van der Waals surface area (Å²) in [6, 6.07) is 3.91. The molecule has 0 aromatic heterocycles. The SMILES string of the molecule is Clc1cc(Br)c2c(c1)COCC2.N. The number of rotatable bonds is 0. The lowest BCUT2D eigenvalue weighted by Gasteiger charge is -2.17. The zero-order valence-electron chi connectivity index (χ0n) is 7.15. The van der Waals surface area contributed by atoms with Gasteiger partial charge in [-0.15, -0.1) is 0 Å². The second-order valence-corrected chi connectivity index (χ2v) is 4.12. The summed E-state index contributed by atoms with van der Waals surface area (Å²) in [5.74, 6) is 0. The Bertz CT molecular complexity index is 317. The molecule has 4 heteroatoms. The second kappa shape index (κ2) is 4.42. The molecule has 0 saturated heterocycles. The summed E-state index contributed by atoms with van der Waals surface area (Å²) >= 11 is 9.39. The van der Waals surface area contributed by atoms with Crippen molar-refractivity contribution in [3.05, 3.63) is 32.8 Å². The molecule has 2 nitrogen and oxygen atoms in total. The van der Waals surface area contributed by atoms with E-state index in [4.69, 9.17) is 16.3 Å². The number of hydrogen-bond donors (Lipinski definition) is 1. The first kappa shape index (κ1) is 11.0. The first-order valence-corrected chi connectivity index (χ1v) is 4.99. The normalized spacial score (nSPS) is 14.6. The lowest BCUT2D eigenvalue weighted by Crippen LogP contribution is -2.10. The van der Waals surface area contributed by atoms with Crippen LogP contribution < -0.4 is 6.15 Å². The molecule has 1 heterocycles. The van der Waals surface area contributed by atoms with Gasteiger partial charge in [0.2, 0.25) is 0 Å². The minimum absolute atomic E-state index is 0. The topological polar surface area (TPSA) is 44.2 Å². The van der Waals surface area contributed by atoms with E-state index >= 15 is 0 Å². The van der Waals surface area contributed by atoms with Crippen LogP contribution in [0.3, 0.4) is 0 Å². The standard InChI is InChI=1S/C9H8BrClO.H3N/c10-9-4-7(11)3-6-5-12-2-1-8(6)9;/h3-4H,1-2,5H2;1H3. The Morgan fingerprint density at radius 2 is 2.15 bits per heavy atom. The van der Waals surface area contributed by atoms with Crippen molar-refractivity contribution in [3.63, 3.8) is 0 Å². The molecule has 3 N–H and O–H groups in total. The van der Waals surface area contributed by atoms with Crippen molar-refractivity contribution in [2.75, 3.05) is 6.61 Å². The number of ether oxygens (including phenoxy) is 1. The van der Waals surface area contributed by atoms with Crippen LogP contribution in [0.15, 0.2) is 16.6 Å². The summed E-state index contributed by atoms with van der Waals surface area (Å²) in [6.45, 7) is 1.50. The van der Waals surface area contributed by atoms with Gasteiger partial charge in [0.05, 0.1) is 13.2 Å². The molecule has 0 spiro atoms. The third kappa shape index (κ3) is 2.23. The van der Waals surface area contributed by atoms with E-state index in [9.17, 15) is 0 Å². The number of benzene rings is 1. The Morgan fingerprint density at radius 1 is 1.38 bits per heavy atom. The minimum Gasteiger partial charge on any atom is -0.376 e. The van der Waals surface area contributed by atoms with Gasteiger partial charge in [-0.3, -0.25) is 0 Å². The molecule has 0 radical (unpaired) electrons. The molecule has 0 atom stereocenters. The number of hydrogen-bond acceptors (Lipinski definition) is 2. The first-order valence-electron chi connectivity index (χ1n) is 3.82. The maximum atomic E-state index is 5.90. The van der Waals surface area contributed by atoms with Crippen molar-refractivity contribution in [2.45, 2.75) is 13.0 Å². The molecular weight excluding hydrogens is 253 g/mol. The van der Waals surface area contributed by atoms with Crippen molar-refractivity contribution in [1.82, 2.24) is 6.15 Å². The third-order valence-corrected chi connectivity index (χ3v) is 2.93. The zero-order chi connectivity index (χ0) is 8.55. The predicted octanol–water partition coefficient (Wildman–Crippen LogP) is 3.34. The van der Waals surface area contributed by atoms with Gasteiger partial charge < -0.3 is 10.9 Å². The third-order valence-electron chi connectivity index (χ3n) is 2.01. The lowest BCUT2D eigenvalue weighted by molar-refractivity contribution is 0.110. The fraction of sp³-hybridized carbons (Fsp3) is 0.333. The highest BCUT2D eigenvalue weighted by atomic mass is 79.9. The molecule has 0 fully saturated rings. The first-order chi connectivity index (χ1) is 5.77. The molecule has 2 rings (SSSR count). The molecule has 72 valence electrons. The monoisotopic (exact) mass is 263 g/mol.